The van der Waals surface area contributed by atoms with Crippen LogP contribution in [0, 0.1) is 6.92 Å². The van der Waals surface area contributed by atoms with Crippen LogP contribution in [0.15, 0.2) is 67.0 Å². The lowest BCUT2D eigenvalue weighted by molar-refractivity contribution is -0.148. The number of halogens is 3. The largest absolute Gasteiger partial charge is 0.389 e. The summed E-state index contributed by atoms with van der Waals surface area (Å²) < 4.78 is 39.2. The van der Waals surface area contributed by atoms with Gasteiger partial charge in [-0.25, -0.2) is 4.52 Å². The third kappa shape index (κ3) is 7.16. The Hall–Kier alpha value is -4.74. The molecular weight excluding hydrogens is 583 g/mol. The van der Waals surface area contributed by atoms with Crippen LogP contribution in [0.3, 0.4) is 0 Å². The van der Waals surface area contributed by atoms with Crippen LogP contribution in [0.1, 0.15) is 65.2 Å². The van der Waals surface area contributed by atoms with E-state index in [9.17, 15) is 22.8 Å². The monoisotopic (exact) mass is 617 g/mol. The van der Waals surface area contributed by atoms with Crippen molar-refractivity contribution in [2.45, 2.75) is 51.1 Å². The first-order chi connectivity index (χ1) is 21.6. The number of nitrogens with zero attached hydrogens (tertiary/aromatic N) is 6. The number of piperidine rings is 1. The predicted octanol–water partition coefficient (Wildman–Crippen LogP) is 6.15. The molecule has 0 unspecified atom stereocenters. The highest BCUT2D eigenvalue weighted by Crippen LogP contribution is 2.29. The third-order valence-corrected chi connectivity index (χ3v) is 8.42. The van der Waals surface area contributed by atoms with Crippen molar-refractivity contribution in [1.82, 2.24) is 29.4 Å². The summed E-state index contributed by atoms with van der Waals surface area (Å²) in [5, 5.41) is 7.74. The Labute approximate surface area is 258 Å². The summed E-state index contributed by atoms with van der Waals surface area (Å²) >= 11 is 0. The molecule has 1 N–H and O–H groups in total. The number of fused-ring (bicyclic) bond motifs is 1. The van der Waals surface area contributed by atoms with Crippen LogP contribution in [-0.2, 0) is 4.79 Å². The SMILES string of the molecule is Cc1ccc(C2CCN(C(=O)c3ccc(Nc4nc5c(C6=CCN(C(=O)CCC(F)(F)F)CC6)cccn5n4)cc3)CC2)nc1. The van der Waals surface area contributed by atoms with Crippen LogP contribution in [-0.4, -0.2) is 73.6 Å². The summed E-state index contributed by atoms with van der Waals surface area (Å²) in [6.07, 6.45) is 1.82. The zero-order valence-electron chi connectivity index (χ0n) is 24.9. The third-order valence-electron chi connectivity index (χ3n) is 8.42. The van der Waals surface area contributed by atoms with Gasteiger partial charge in [-0.3, -0.25) is 14.6 Å². The number of alkyl halides is 3. The summed E-state index contributed by atoms with van der Waals surface area (Å²) in [5.74, 6) is 0.259. The van der Waals surface area contributed by atoms with Gasteiger partial charge in [-0.15, -0.1) is 5.10 Å². The number of carbonyl (C=O) groups excluding carboxylic acids is 2. The molecular formula is C33H34F3N7O2. The smallest absolute Gasteiger partial charge is 0.339 e. The maximum absolute atomic E-state index is 13.2. The van der Waals surface area contributed by atoms with E-state index in [0.717, 1.165) is 40.9 Å². The Morgan fingerprint density at radius 1 is 1.00 bits per heavy atom. The molecule has 1 saturated heterocycles. The van der Waals surface area contributed by atoms with Gasteiger partial charge in [0.2, 0.25) is 11.9 Å². The van der Waals surface area contributed by atoms with Gasteiger partial charge in [-0.2, -0.15) is 18.2 Å². The molecule has 234 valence electrons. The number of hydrogen-bond acceptors (Lipinski definition) is 6. The van der Waals surface area contributed by atoms with Crippen molar-refractivity contribution in [3.8, 4) is 0 Å². The summed E-state index contributed by atoms with van der Waals surface area (Å²) in [5.41, 5.74) is 6.02. The minimum atomic E-state index is -4.35. The molecule has 1 fully saturated rings. The maximum atomic E-state index is 13.2. The first kappa shape index (κ1) is 30.3. The van der Waals surface area contributed by atoms with Gasteiger partial charge in [0.05, 0.1) is 6.42 Å². The molecule has 45 heavy (non-hydrogen) atoms. The summed E-state index contributed by atoms with van der Waals surface area (Å²) in [6.45, 7) is 4.00. The molecule has 0 aliphatic carbocycles. The number of hydrogen-bond donors (Lipinski definition) is 1. The average Bonchev–Trinajstić information content (AvgIpc) is 3.46. The molecule has 5 heterocycles. The van der Waals surface area contributed by atoms with Crippen molar-refractivity contribution in [3.63, 3.8) is 0 Å². The second kappa shape index (κ2) is 12.7. The Morgan fingerprint density at radius 3 is 2.44 bits per heavy atom. The molecule has 0 atom stereocenters. The lowest BCUT2D eigenvalue weighted by Crippen LogP contribution is -2.38. The Kier molecular flexibility index (Phi) is 8.55. The number of rotatable bonds is 7. The number of anilines is 2. The van der Waals surface area contributed by atoms with E-state index in [1.807, 2.05) is 48.4 Å². The number of aromatic nitrogens is 4. The number of aryl methyl sites for hydroxylation is 1. The van der Waals surface area contributed by atoms with Crippen LogP contribution in [0.2, 0.25) is 0 Å². The van der Waals surface area contributed by atoms with Gasteiger partial charge < -0.3 is 15.1 Å². The average molecular weight is 618 g/mol. The van der Waals surface area contributed by atoms with Crippen molar-refractivity contribution in [2.24, 2.45) is 0 Å². The van der Waals surface area contributed by atoms with Gasteiger partial charge in [-0.05, 0) is 79.8 Å². The van der Waals surface area contributed by atoms with E-state index in [2.05, 4.69) is 32.5 Å². The molecule has 2 aliphatic rings. The second-order valence-corrected chi connectivity index (χ2v) is 11.6. The predicted molar refractivity (Wildman–Crippen MR) is 164 cm³/mol. The molecule has 9 nitrogen and oxygen atoms in total. The highest BCUT2D eigenvalue weighted by molar-refractivity contribution is 5.94. The van der Waals surface area contributed by atoms with Crippen molar-refractivity contribution >= 4 is 34.7 Å². The lowest BCUT2D eigenvalue weighted by Gasteiger charge is -2.32. The van der Waals surface area contributed by atoms with Crippen molar-refractivity contribution < 1.29 is 22.8 Å². The number of pyridine rings is 2. The molecule has 1 aromatic carbocycles. The molecule has 6 rings (SSSR count). The lowest BCUT2D eigenvalue weighted by atomic mass is 9.92. The molecule has 2 aliphatic heterocycles. The number of carbonyl (C=O) groups is 2. The maximum Gasteiger partial charge on any atom is 0.389 e. The minimum Gasteiger partial charge on any atom is -0.339 e. The highest BCUT2D eigenvalue weighted by Gasteiger charge is 2.30. The van der Waals surface area contributed by atoms with Crippen molar-refractivity contribution in [1.29, 1.82) is 0 Å². The Bertz CT molecular complexity index is 1710. The molecule has 0 radical (unpaired) electrons. The van der Waals surface area contributed by atoms with E-state index in [1.54, 1.807) is 22.8 Å². The number of nitrogens with one attached hydrogen (secondary N) is 1. The summed E-state index contributed by atoms with van der Waals surface area (Å²) in [6, 6.07) is 15.2. The van der Waals surface area contributed by atoms with E-state index in [1.165, 1.54) is 4.90 Å². The normalized spacial score (nSPS) is 16.1. The Morgan fingerprint density at radius 2 is 1.78 bits per heavy atom. The first-order valence-corrected chi connectivity index (χ1v) is 15.1. The second-order valence-electron chi connectivity index (χ2n) is 11.6. The van der Waals surface area contributed by atoms with Crippen LogP contribution in [0.4, 0.5) is 24.8 Å². The van der Waals surface area contributed by atoms with Gasteiger partial charge in [0.1, 0.15) is 0 Å². The minimum absolute atomic E-state index is 0.00809. The molecule has 4 aromatic rings. The fourth-order valence-electron chi connectivity index (χ4n) is 5.86. The Balaban J connectivity index is 1.07. The van der Waals surface area contributed by atoms with Crippen molar-refractivity contribution in [2.75, 3.05) is 31.5 Å². The molecule has 0 saturated carbocycles. The van der Waals surface area contributed by atoms with Gasteiger partial charge in [0, 0.05) is 73.4 Å². The zero-order valence-corrected chi connectivity index (χ0v) is 24.9. The van der Waals surface area contributed by atoms with E-state index < -0.39 is 24.9 Å². The van der Waals surface area contributed by atoms with Gasteiger partial charge in [-0.1, -0.05) is 12.1 Å². The molecule has 3 aromatic heterocycles. The number of benzene rings is 1. The molecule has 12 heteroatoms. The van der Waals surface area contributed by atoms with Gasteiger partial charge in [0.15, 0.2) is 5.65 Å². The first-order valence-electron chi connectivity index (χ1n) is 15.1. The highest BCUT2D eigenvalue weighted by atomic mass is 19.4. The van der Waals surface area contributed by atoms with E-state index >= 15 is 0 Å². The van der Waals surface area contributed by atoms with E-state index in [4.69, 9.17) is 0 Å². The fourth-order valence-corrected chi connectivity index (χ4v) is 5.86. The molecule has 2 amide bonds. The van der Waals surface area contributed by atoms with Gasteiger partial charge in [0.25, 0.3) is 5.91 Å². The summed E-state index contributed by atoms with van der Waals surface area (Å²) in [7, 11) is 0. The van der Waals surface area contributed by atoms with Crippen LogP contribution < -0.4 is 5.32 Å². The van der Waals surface area contributed by atoms with Crippen LogP contribution in [0.25, 0.3) is 11.2 Å². The summed E-state index contributed by atoms with van der Waals surface area (Å²) in [4.78, 5) is 38.0. The quantitative estimate of drug-likeness (QED) is 0.267. The van der Waals surface area contributed by atoms with Gasteiger partial charge >= 0.3 is 6.18 Å². The molecule has 0 bridgehead atoms. The number of amides is 2. The van der Waals surface area contributed by atoms with Crippen LogP contribution in [0.5, 0.6) is 0 Å². The zero-order chi connectivity index (χ0) is 31.6. The fraction of sp³-hybridized carbons (Fsp3) is 0.364. The topological polar surface area (TPSA) is 95.7 Å². The number of likely N-dealkylation sites (tertiary alicyclic amines) is 1. The van der Waals surface area contributed by atoms with E-state index in [-0.39, 0.29) is 12.5 Å². The van der Waals surface area contributed by atoms with Crippen molar-refractivity contribution in [3.05, 3.63) is 89.4 Å². The van der Waals surface area contributed by atoms with Crippen LogP contribution >= 0.6 is 0 Å². The van der Waals surface area contributed by atoms with E-state index in [0.29, 0.717) is 49.1 Å². The standard InChI is InChI=1S/C33H34F3N7O2/c1-22-4-9-28(37-21-22)24-13-19-42(20-14-24)31(45)25-5-7-26(8-6-25)38-32-39-30-27(3-2-16-43(30)40-32)23-11-17-41(18-12-23)29(44)10-15-33(34,35)36/h2-9,11,16,21,24H,10,12-15,17-20H2,1H3,(H,38,40). The molecule has 0 spiro atoms.